The maximum Gasteiger partial charge on any atom is 0.119 e. The van der Waals surface area contributed by atoms with Gasteiger partial charge in [0.05, 0.1) is 12.7 Å². The predicted molar refractivity (Wildman–Crippen MR) is 81.4 cm³/mol. The summed E-state index contributed by atoms with van der Waals surface area (Å²) in [4.78, 5) is 0. The minimum absolute atomic E-state index is 0.567. The van der Waals surface area contributed by atoms with Crippen LogP contribution in [-0.2, 0) is 6.54 Å². The maximum atomic E-state index is 10.0. The van der Waals surface area contributed by atoms with Crippen molar-refractivity contribution in [2.75, 3.05) is 25.7 Å². The number of nitrogens with one attached hydrogen (secondary N) is 1. The third-order valence-corrected chi connectivity index (χ3v) is 4.21. The van der Waals surface area contributed by atoms with Gasteiger partial charge in [-0.25, -0.2) is 0 Å². The van der Waals surface area contributed by atoms with Gasteiger partial charge in [0, 0.05) is 23.3 Å². The van der Waals surface area contributed by atoms with Crippen LogP contribution in [0.4, 0.5) is 0 Å². The first kappa shape index (κ1) is 15.8. The van der Waals surface area contributed by atoms with Crippen LogP contribution in [0, 0.1) is 0 Å². The maximum absolute atomic E-state index is 10.0. The van der Waals surface area contributed by atoms with Gasteiger partial charge in [-0.3, -0.25) is 0 Å². The van der Waals surface area contributed by atoms with Crippen LogP contribution in [-0.4, -0.2) is 36.4 Å². The lowest BCUT2D eigenvalue weighted by atomic mass is 10.1. The van der Waals surface area contributed by atoms with Gasteiger partial charge in [-0.05, 0) is 36.9 Å². The van der Waals surface area contributed by atoms with Gasteiger partial charge in [-0.15, -0.1) is 0 Å². The minimum Gasteiger partial charge on any atom is -0.497 e. The van der Waals surface area contributed by atoms with Crippen LogP contribution in [0.1, 0.15) is 12.5 Å². The number of thioether (sulfide) groups is 1. The zero-order valence-electron chi connectivity index (χ0n) is 11.0. The molecule has 5 heteroatoms. The van der Waals surface area contributed by atoms with Gasteiger partial charge in [0.1, 0.15) is 5.75 Å². The Kier molecular flexibility index (Phi) is 6.49. The van der Waals surface area contributed by atoms with Crippen molar-refractivity contribution < 1.29 is 9.84 Å². The number of hydrogen-bond donors (Lipinski definition) is 2. The summed E-state index contributed by atoms with van der Waals surface area (Å²) in [6.07, 6.45) is 1.99. The smallest absolute Gasteiger partial charge is 0.119 e. The molecule has 0 spiro atoms. The van der Waals surface area contributed by atoms with Crippen molar-refractivity contribution in [2.45, 2.75) is 19.1 Å². The normalized spacial score (nSPS) is 14.3. The lowest BCUT2D eigenvalue weighted by Gasteiger charge is -2.22. The summed E-state index contributed by atoms with van der Waals surface area (Å²) in [7, 11) is 1.66. The fourth-order valence-corrected chi connectivity index (χ4v) is 2.75. The third kappa shape index (κ3) is 5.18. The van der Waals surface area contributed by atoms with Crippen molar-refractivity contribution >= 4 is 27.7 Å². The Hall–Kier alpha value is -0.230. The van der Waals surface area contributed by atoms with Crippen LogP contribution in [0.15, 0.2) is 22.7 Å². The van der Waals surface area contributed by atoms with Crippen molar-refractivity contribution in [2.24, 2.45) is 0 Å². The molecular formula is C13H20BrNO2S. The van der Waals surface area contributed by atoms with Crippen molar-refractivity contribution in [3.8, 4) is 5.75 Å². The number of hydrogen-bond acceptors (Lipinski definition) is 4. The molecule has 1 atom stereocenters. The summed E-state index contributed by atoms with van der Waals surface area (Å²) in [6, 6.07) is 5.87. The summed E-state index contributed by atoms with van der Waals surface area (Å²) in [5.41, 5.74) is 0.444. The van der Waals surface area contributed by atoms with E-state index in [-0.39, 0.29) is 0 Å². The second-order valence-corrected chi connectivity index (χ2v) is 6.21. The summed E-state index contributed by atoms with van der Waals surface area (Å²) in [5, 5.41) is 13.3. The zero-order chi connectivity index (χ0) is 13.6. The SMILES string of the molecule is COc1ccc(Br)c(CNCC(C)(O)CSC)c1. The molecule has 2 N–H and O–H groups in total. The van der Waals surface area contributed by atoms with E-state index in [4.69, 9.17) is 4.74 Å². The van der Waals surface area contributed by atoms with Gasteiger partial charge in [-0.1, -0.05) is 15.9 Å². The fraction of sp³-hybridized carbons (Fsp3) is 0.538. The first-order valence-corrected chi connectivity index (χ1v) is 7.91. The van der Waals surface area contributed by atoms with Gasteiger partial charge in [-0.2, -0.15) is 11.8 Å². The Morgan fingerprint density at radius 2 is 2.22 bits per heavy atom. The van der Waals surface area contributed by atoms with E-state index in [1.165, 1.54) is 0 Å². The van der Waals surface area contributed by atoms with Gasteiger partial charge >= 0.3 is 0 Å². The zero-order valence-corrected chi connectivity index (χ0v) is 13.4. The summed E-state index contributed by atoms with van der Waals surface area (Å²) in [5.74, 6) is 1.56. The van der Waals surface area contributed by atoms with Crippen molar-refractivity contribution in [3.63, 3.8) is 0 Å². The van der Waals surface area contributed by atoms with Crippen molar-refractivity contribution in [3.05, 3.63) is 28.2 Å². The van der Waals surface area contributed by atoms with Crippen molar-refractivity contribution in [1.82, 2.24) is 5.32 Å². The molecular weight excluding hydrogens is 314 g/mol. The van der Waals surface area contributed by atoms with E-state index in [1.54, 1.807) is 18.9 Å². The molecule has 18 heavy (non-hydrogen) atoms. The Morgan fingerprint density at radius 1 is 1.50 bits per heavy atom. The highest BCUT2D eigenvalue weighted by Gasteiger charge is 2.18. The van der Waals surface area contributed by atoms with Crippen molar-refractivity contribution in [1.29, 1.82) is 0 Å². The van der Waals surface area contributed by atoms with E-state index >= 15 is 0 Å². The molecule has 1 rings (SSSR count). The lowest BCUT2D eigenvalue weighted by molar-refractivity contribution is 0.0846. The van der Waals surface area contributed by atoms with E-state index in [0.717, 1.165) is 21.5 Å². The largest absolute Gasteiger partial charge is 0.497 e. The number of aliphatic hydroxyl groups is 1. The number of methoxy groups -OCH3 is 1. The van der Waals surface area contributed by atoms with E-state index in [1.807, 2.05) is 31.4 Å². The molecule has 1 aromatic carbocycles. The first-order chi connectivity index (χ1) is 8.48. The van der Waals surface area contributed by atoms with Gasteiger partial charge < -0.3 is 15.2 Å². The molecule has 102 valence electrons. The molecule has 0 heterocycles. The van der Waals surface area contributed by atoms with E-state index in [0.29, 0.717) is 13.1 Å². The molecule has 1 unspecified atom stereocenters. The van der Waals surface area contributed by atoms with E-state index in [2.05, 4.69) is 21.2 Å². The number of halogens is 1. The van der Waals surface area contributed by atoms with Crippen LogP contribution < -0.4 is 10.1 Å². The third-order valence-electron chi connectivity index (χ3n) is 2.53. The molecule has 0 aliphatic heterocycles. The van der Waals surface area contributed by atoms with E-state index < -0.39 is 5.60 Å². The molecule has 0 fully saturated rings. The number of rotatable bonds is 7. The van der Waals surface area contributed by atoms with Gasteiger partial charge in [0.25, 0.3) is 0 Å². The number of ether oxygens (including phenoxy) is 1. The van der Waals surface area contributed by atoms with Crippen LogP contribution in [0.5, 0.6) is 5.75 Å². The lowest BCUT2D eigenvalue weighted by Crippen LogP contribution is -2.39. The predicted octanol–water partition coefficient (Wildman–Crippen LogP) is 2.66. The Morgan fingerprint density at radius 3 is 2.83 bits per heavy atom. The second kappa shape index (κ2) is 7.38. The fourth-order valence-electron chi connectivity index (χ4n) is 1.64. The molecule has 0 saturated heterocycles. The molecule has 0 radical (unpaired) electrons. The van der Waals surface area contributed by atoms with Crippen LogP contribution in [0.3, 0.4) is 0 Å². The summed E-state index contributed by atoms with van der Waals surface area (Å²) < 4.78 is 6.24. The molecule has 0 aromatic heterocycles. The van der Waals surface area contributed by atoms with Crippen LogP contribution >= 0.6 is 27.7 Å². The van der Waals surface area contributed by atoms with Gasteiger partial charge in [0.2, 0.25) is 0 Å². The molecule has 0 aliphatic carbocycles. The Bertz CT molecular complexity index is 385. The van der Waals surface area contributed by atoms with Gasteiger partial charge in [0.15, 0.2) is 0 Å². The van der Waals surface area contributed by atoms with Crippen LogP contribution in [0.2, 0.25) is 0 Å². The minimum atomic E-state index is -0.676. The Labute approximate surface area is 121 Å². The van der Waals surface area contributed by atoms with E-state index in [9.17, 15) is 5.11 Å². The highest BCUT2D eigenvalue weighted by atomic mass is 79.9. The number of benzene rings is 1. The monoisotopic (exact) mass is 333 g/mol. The molecule has 0 bridgehead atoms. The Balaban J connectivity index is 2.53. The highest BCUT2D eigenvalue weighted by Crippen LogP contribution is 2.22. The van der Waals surface area contributed by atoms with Crippen LogP contribution in [0.25, 0.3) is 0 Å². The second-order valence-electron chi connectivity index (χ2n) is 4.49. The highest BCUT2D eigenvalue weighted by molar-refractivity contribution is 9.10. The first-order valence-electron chi connectivity index (χ1n) is 5.73. The molecule has 3 nitrogen and oxygen atoms in total. The molecule has 1 aromatic rings. The summed E-state index contributed by atoms with van der Waals surface area (Å²) >= 11 is 5.15. The summed E-state index contributed by atoms with van der Waals surface area (Å²) in [6.45, 7) is 3.11. The average Bonchev–Trinajstić information content (AvgIpc) is 2.31. The average molecular weight is 334 g/mol. The quantitative estimate of drug-likeness (QED) is 0.804. The standard InChI is InChI=1S/C13H20BrNO2S/c1-13(16,9-18-3)8-15-7-10-6-11(17-2)4-5-12(10)14/h4-6,15-16H,7-9H2,1-3H3. The molecule has 0 aliphatic rings. The molecule has 0 saturated carbocycles. The topological polar surface area (TPSA) is 41.5 Å². The molecule has 0 amide bonds.